The van der Waals surface area contributed by atoms with Gasteiger partial charge in [-0.3, -0.25) is 0 Å². The largest absolute Gasteiger partial charge is 0.497 e. The Morgan fingerprint density at radius 2 is 1.31 bits per heavy atom. The Kier molecular flexibility index (Phi) is 6.92. The summed E-state index contributed by atoms with van der Waals surface area (Å²) in [7, 11) is 4.88. The Bertz CT molecular complexity index is 2300. The van der Waals surface area contributed by atoms with Crippen LogP contribution in [0.2, 0.25) is 0 Å². The minimum Gasteiger partial charge on any atom is -0.497 e. The molecule has 1 atom stereocenters. The summed E-state index contributed by atoms with van der Waals surface area (Å²) >= 11 is 0. The van der Waals surface area contributed by atoms with E-state index in [9.17, 15) is 8.78 Å². The molecule has 1 unspecified atom stereocenters. The number of aromatic nitrogens is 3. The van der Waals surface area contributed by atoms with Crippen LogP contribution in [0.5, 0.6) is 23.0 Å². The molecule has 244 valence electrons. The topological polar surface area (TPSA) is 75.6 Å². The SMILES string of the molecule is COc1ccc(C2(c3ccc(-c4nc(F)nc(F)n4)cc3)C=Cc3c4c(c5cc(OC)c(OC)cc5c3O2)-c2ccccc2C4(C)C)cc1. The van der Waals surface area contributed by atoms with Crippen molar-refractivity contribution < 1.29 is 27.7 Å². The molecule has 0 spiro atoms. The van der Waals surface area contributed by atoms with Crippen molar-refractivity contribution in [1.29, 1.82) is 0 Å². The third kappa shape index (κ3) is 4.56. The Labute approximate surface area is 281 Å². The summed E-state index contributed by atoms with van der Waals surface area (Å²) in [6.07, 6.45) is 1.84. The molecule has 1 aromatic heterocycles. The maximum atomic E-state index is 13.9. The Balaban J connectivity index is 1.40. The molecule has 0 saturated carbocycles. The second-order valence-corrected chi connectivity index (χ2v) is 12.6. The van der Waals surface area contributed by atoms with Crippen LogP contribution in [0.3, 0.4) is 0 Å². The molecule has 1 aliphatic heterocycles. The smallest absolute Gasteiger partial charge is 0.314 e. The molecular formula is C40H31F2N3O4. The zero-order chi connectivity index (χ0) is 34.1. The van der Waals surface area contributed by atoms with Crippen molar-refractivity contribution in [3.8, 4) is 45.5 Å². The van der Waals surface area contributed by atoms with Crippen molar-refractivity contribution in [2.45, 2.75) is 24.9 Å². The van der Waals surface area contributed by atoms with Gasteiger partial charge in [-0.1, -0.05) is 80.6 Å². The number of hydrogen-bond acceptors (Lipinski definition) is 7. The van der Waals surface area contributed by atoms with Gasteiger partial charge in [0.05, 0.1) is 21.3 Å². The van der Waals surface area contributed by atoms with E-state index >= 15 is 0 Å². The molecule has 0 radical (unpaired) electrons. The first-order chi connectivity index (χ1) is 23.7. The number of ether oxygens (including phenoxy) is 4. The molecule has 0 bridgehead atoms. The van der Waals surface area contributed by atoms with E-state index in [4.69, 9.17) is 18.9 Å². The lowest BCUT2D eigenvalue weighted by Gasteiger charge is -2.38. The van der Waals surface area contributed by atoms with E-state index in [-0.39, 0.29) is 11.2 Å². The molecule has 7 nitrogen and oxygen atoms in total. The Morgan fingerprint density at radius 3 is 1.94 bits per heavy atom. The average Bonchev–Trinajstić information content (AvgIpc) is 3.37. The summed E-state index contributed by atoms with van der Waals surface area (Å²) in [5.41, 5.74) is 6.28. The molecule has 2 heterocycles. The van der Waals surface area contributed by atoms with Gasteiger partial charge in [-0.05, 0) is 58.0 Å². The highest BCUT2D eigenvalue weighted by Gasteiger charge is 2.44. The fourth-order valence-corrected chi connectivity index (χ4v) is 7.41. The van der Waals surface area contributed by atoms with Gasteiger partial charge in [0, 0.05) is 33.1 Å². The lowest BCUT2D eigenvalue weighted by Crippen LogP contribution is -2.35. The molecule has 0 fully saturated rings. The molecule has 49 heavy (non-hydrogen) atoms. The lowest BCUT2D eigenvalue weighted by molar-refractivity contribution is 0.163. The van der Waals surface area contributed by atoms with E-state index in [0.29, 0.717) is 28.6 Å². The third-order valence-corrected chi connectivity index (χ3v) is 9.72. The van der Waals surface area contributed by atoms with Crippen molar-refractivity contribution in [1.82, 2.24) is 15.0 Å². The van der Waals surface area contributed by atoms with Gasteiger partial charge in [0.1, 0.15) is 11.5 Å². The predicted octanol–water partition coefficient (Wildman–Crippen LogP) is 8.65. The maximum Gasteiger partial charge on any atom is 0.314 e. The van der Waals surface area contributed by atoms with E-state index in [1.807, 2.05) is 48.5 Å². The molecule has 8 rings (SSSR count). The fourth-order valence-electron chi connectivity index (χ4n) is 7.41. The van der Waals surface area contributed by atoms with Gasteiger partial charge in [0.15, 0.2) is 22.9 Å². The van der Waals surface area contributed by atoms with E-state index < -0.39 is 17.8 Å². The van der Waals surface area contributed by atoms with Crippen molar-refractivity contribution >= 4 is 16.8 Å². The maximum absolute atomic E-state index is 13.9. The number of fused-ring (bicyclic) bond motifs is 8. The normalized spacial score (nSPS) is 16.8. The number of benzene rings is 5. The molecule has 1 aliphatic carbocycles. The molecule has 6 aromatic rings. The van der Waals surface area contributed by atoms with Gasteiger partial charge >= 0.3 is 12.2 Å². The van der Waals surface area contributed by atoms with Crippen LogP contribution in [0.1, 0.15) is 41.7 Å². The van der Waals surface area contributed by atoms with Crippen LogP contribution >= 0.6 is 0 Å². The standard InChI is InChI=1S/C40H31F2N3O4/c1-39(2)30-9-7-6-8-26(30)33-28-20-31(47-4)32(48-5)21-29(28)35-27(34(33)39)18-19-40(49-35,24-14-16-25(46-3)17-15-24)23-12-10-22(11-13-23)36-43-37(41)45-38(42)44-36/h6-21H,1-5H3. The highest BCUT2D eigenvalue weighted by molar-refractivity contribution is 6.09. The first-order valence-electron chi connectivity index (χ1n) is 15.8. The molecule has 0 N–H and O–H groups in total. The van der Waals surface area contributed by atoms with Crippen LogP contribution in [-0.2, 0) is 11.0 Å². The highest BCUT2D eigenvalue weighted by atomic mass is 19.1. The first kappa shape index (κ1) is 30.5. The number of rotatable bonds is 6. The molecule has 0 amide bonds. The molecular weight excluding hydrogens is 624 g/mol. The number of nitrogens with zero attached hydrogens (tertiary/aromatic N) is 3. The quantitative estimate of drug-likeness (QED) is 0.178. The minimum atomic E-state index is -1.19. The summed E-state index contributed by atoms with van der Waals surface area (Å²) in [5.74, 6) is 2.49. The molecule has 2 aliphatic rings. The zero-order valence-electron chi connectivity index (χ0n) is 27.5. The summed E-state index contributed by atoms with van der Waals surface area (Å²) in [6, 6.07) is 27.4. The van der Waals surface area contributed by atoms with Gasteiger partial charge < -0.3 is 18.9 Å². The predicted molar refractivity (Wildman–Crippen MR) is 183 cm³/mol. The van der Waals surface area contributed by atoms with E-state index in [2.05, 4.69) is 65.2 Å². The number of hydrogen-bond donors (Lipinski definition) is 0. The molecule has 5 aromatic carbocycles. The fraction of sp³-hybridized carbons (Fsp3) is 0.175. The van der Waals surface area contributed by atoms with Crippen LogP contribution in [0, 0.1) is 12.2 Å². The van der Waals surface area contributed by atoms with Crippen LogP contribution in [0.4, 0.5) is 8.78 Å². The summed E-state index contributed by atoms with van der Waals surface area (Å²) < 4.78 is 52.2. The summed E-state index contributed by atoms with van der Waals surface area (Å²) in [4.78, 5) is 10.4. The van der Waals surface area contributed by atoms with Crippen molar-refractivity contribution in [2.75, 3.05) is 21.3 Å². The van der Waals surface area contributed by atoms with Gasteiger partial charge in [0.2, 0.25) is 0 Å². The number of halogens is 2. The summed E-state index contributed by atoms with van der Waals surface area (Å²) in [5, 5.41) is 1.85. The van der Waals surface area contributed by atoms with Crippen molar-refractivity contribution in [3.05, 3.63) is 131 Å². The van der Waals surface area contributed by atoms with Crippen LogP contribution in [0.15, 0.2) is 91.0 Å². The summed E-state index contributed by atoms with van der Waals surface area (Å²) in [6.45, 7) is 4.49. The van der Waals surface area contributed by atoms with Crippen LogP contribution < -0.4 is 18.9 Å². The minimum absolute atomic E-state index is 0.107. The molecule has 9 heteroatoms. The molecule has 0 saturated heterocycles. The van der Waals surface area contributed by atoms with E-state index in [1.165, 1.54) is 11.1 Å². The van der Waals surface area contributed by atoms with Crippen LogP contribution in [-0.4, -0.2) is 36.3 Å². The second kappa shape index (κ2) is 11.1. The Hall–Kier alpha value is -5.83. The van der Waals surface area contributed by atoms with E-state index in [1.54, 1.807) is 33.5 Å². The van der Waals surface area contributed by atoms with Gasteiger partial charge in [-0.2, -0.15) is 23.7 Å². The van der Waals surface area contributed by atoms with Gasteiger partial charge in [-0.15, -0.1) is 0 Å². The zero-order valence-corrected chi connectivity index (χ0v) is 27.5. The van der Waals surface area contributed by atoms with Crippen molar-refractivity contribution in [3.63, 3.8) is 0 Å². The van der Waals surface area contributed by atoms with Gasteiger partial charge in [-0.25, -0.2) is 0 Å². The Morgan fingerprint density at radius 1 is 0.694 bits per heavy atom. The first-order valence-corrected chi connectivity index (χ1v) is 15.8. The van der Waals surface area contributed by atoms with Crippen LogP contribution in [0.25, 0.3) is 39.4 Å². The third-order valence-electron chi connectivity index (χ3n) is 9.72. The van der Waals surface area contributed by atoms with Gasteiger partial charge in [0.25, 0.3) is 0 Å². The monoisotopic (exact) mass is 655 g/mol. The average molecular weight is 656 g/mol. The second-order valence-electron chi connectivity index (χ2n) is 12.6. The lowest BCUT2D eigenvalue weighted by atomic mass is 9.76. The highest BCUT2D eigenvalue weighted by Crippen LogP contribution is 2.59. The number of methoxy groups -OCH3 is 3. The van der Waals surface area contributed by atoms with E-state index in [0.717, 1.165) is 38.6 Å². The van der Waals surface area contributed by atoms with Crippen molar-refractivity contribution in [2.24, 2.45) is 0 Å².